The van der Waals surface area contributed by atoms with Crippen LogP contribution in [0.4, 0.5) is 0 Å². The molecule has 1 aliphatic carbocycles. The fraction of sp³-hybridized carbons (Fsp3) is 0.556. The molecule has 0 radical (unpaired) electrons. The van der Waals surface area contributed by atoms with Crippen molar-refractivity contribution < 1.29 is 19.1 Å². The van der Waals surface area contributed by atoms with Crippen LogP contribution in [0.5, 0.6) is 0 Å². The van der Waals surface area contributed by atoms with Crippen LogP contribution < -0.4 is 0 Å². The van der Waals surface area contributed by atoms with Gasteiger partial charge < -0.3 is 9.47 Å². The molecule has 0 heterocycles. The van der Waals surface area contributed by atoms with Crippen molar-refractivity contribution in [3.05, 3.63) is 35.9 Å². The number of hydrogen-bond donors (Lipinski definition) is 0. The Morgan fingerprint density at radius 1 is 1.27 bits per heavy atom. The Balaban J connectivity index is 2.16. The third-order valence-electron chi connectivity index (χ3n) is 4.53. The van der Waals surface area contributed by atoms with Gasteiger partial charge in [0.15, 0.2) is 0 Å². The predicted molar refractivity (Wildman–Crippen MR) is 83.5 cm³/mol. The SMILES string of the molecule is CCCCC1(C(=O)OC)CCCC1OC(=O)c1ccccc1. The minimum atomic E-state index is -0.671. The molecule has 2 unspecified atom stereocenters. The number of hydrogen-bond acceptors (Lipinski definition) is 4. The molecule has 0 bridgehead atoms. The molecule has 4 heteroatoms. The molecule has 0 amide bonds. The van der Waals surface area contributed by atoms with E-state index in [1.807, 2.05) is 6.07 Å². The van der Waals surface area contributed by atoms with Gasteiger partial charge in [0, 0.05) is 0 Å². The van der Waals surface area contributed by atoms with E-state index in [2.05, 4.69) is 6.92 Å². The summed E-state index contributed by atoms with van der Waals surface area (Å²) in [5, 5.41) is 0. The molecule has 120 valence electrons. The first-order chi connectivity index (χ1) is 10.6. The standard InChI is InChI=1S/C18H24O4/c1-3-4-12-18(17(20)21-2)13-8-11-15(18)22-16(19)14-9-6-5-7-10-14/h5-7,9-10,15H,3-4,8,11-13H2,1-2H3. The molecule has 0 saturated heterocycles. The van der Waals surface area contributed by atoms with Crippen molar-refractivity contribution >= 4 is 11.9 Å². The number of carbonyl (C=O) groups is 2. The molecule has 0 N–H and O–H groups in total. The summed E-state index contributed by atoms with van der Waals surface area (Å²) in [6.07, 6.45) is 4.57. The molecular formula is C18H24O4. The number of methoxy groups -OCH3 is 1. The molecule has 1 aromatic rings. The van der Waals surface area contributed by atoms with Crippen LogP contribution in [0.2, 0.25) is 0 Å². The summed E-state index contributed by atoms with van der Waals surface area (Å²) in [6.45, 7) is 2.09. The Morgan fingerprint density at radius 2 is 2.00 bits per heavy atom. The van der Waals surface area contributed by atoms with Crippen molar-refractivity contribution in [2.45, 2.75) is 51.6 Å². The lowest BCUT2D eigenvalue weighted by molar-refractivity contribution is -0.159. The number of unbranched alkanes of at least 4 members (excludes halogenated alkanes) is 1. The van der Waals surface area contributed by atoms with Crippen LogP contribution >= 0.6 is 0 Å². The van der Waals surface area contributed by atoms with Crippen LogP contribution in [0.3, 0.4) is 0 Å². The Bertz CT molecular complexity index is 511. The molecule has 1 fully saturated rings. The van der Waals surface area contributed by atoms with Crippen molar-refractivity contribution in [2.24, 2.45) is 5.41 Å². The summed E-state index contributed by atoms with van der Waals surface area (Å²) in [5.41, 5.74) is -0.154. The summed E-state index contributed by atoms with van der Waals surface area (Å²) < 4.78 is 10.7. The highest BCUT2D eigenvalue weighted by molar-refractivity contribution is 5.90. The van der Waals surface area contributed by atoms with Gasteiger partial charge in [0.05, 0.1) is 12.7 Å². The van der Waals surface area contributed by atoms with E-state index < -0.39 is 5.41 Å². The Hall–Kier alpha value is -1.84. The predicted octanol–water partition coefficient (Wildman–Crippen LogP) is 3.75. The number of rotatable bonds is 6. The van der Waals surface area contributed by atoms with E-state index in [9.17, 15) is 9.59 Å². The van der Waals surface area contributed by atoms with Crippen LogP contribution in [-0.4, -0.2) is 25.2 Å². The Labute approximate surface area is 131 Å². The lowest BCUT2D eigenvalue weighted by Crippen LogP contribution is -2.41. The topological polar surface area (TPSA) is 52.6 Å². The maximum Gasteiger partial charge on any atom is 0.338 e. The van der Waals surface area contributed by atoms with E-state index in [0.29, 0.717) is 12.0 Å². The van der Waals surface area contributed by atoms with E-state index in [0.717, 1.165) is 32.1 Å². The van der Waals surface area contributed by atoms with Gasteiger partial charge in [0.2, 0.25) is 0 Å². The minimum absolute atomic E-state index is 0.246. The van der Waals surface area contributed by atoms with E-state index in [4.69, 9.17) is 9.47 Å². The molecule has 0 aromatic heterocycles. The number of benzene rings is 1. The second-order valence-corrected chi connectivity index (χ2v) is 5.90. The van der Waals surface area contributed by atoms with Crippen molar-refractivity contribution in [3.63, 3.8) is 0 Å². The smallest absolute Gasteiger partial charge is 0.338 e. The van der Waals surface area contributed by atoms with Gasteiger partial charge in [0.1, 0.15) is 11.5 Å². The zero-order valence-corrected chi connectivity index (χ0v) is 13.3. The Kier molecular flexibility index (Phi) is 5.58. The lowest BCUT2D eigenvalue weighted by Gasteiger charge is -2.32. The zero-order chi connectivity index (χ0) is 16.0. The van der Waals surface area contributed by atoms with E-state index >= 15 is 0 Å². The fourth-order valence-corrected chi connectivity index (χ4v) is 3.30. The van der Waals surface area contributed by atoms with Gasteiger partial charge in [-0.2, -0.15) is 0 Å². The molecule has 22 heavy (non-hydrogen) atoms. The second-order valence-electron chi connectivity index (χ2n) is 5.90. The molecule has 1 aliphatic rings. The molecule has 1 saturated carbocycles. The quantitative estimate of drug-likeness (QED) is 0.751. The van der Waals surface area contributed by atoms with Gasteiger partial charge in [-0.25, -0.2) is 4.79 Å². The van der Waals surface area contributed by atoms with Crippen LogP contribution in [0.15, 0.2) is 30.3 Å². The molecule has 2 rings (SSSR count). The lowest BCUT2D eigenvalue weighted by atomic mass is 9.79. The van der Waals surface area contributed by atoms with Crippen molar-refractivity contribution in [2.75, 3.05) is 7.11 Å². The average Bonchev–Trinajstić information content (AvgIpc) is 2.96. The van der Waals surface area contributed by atoms with Gasteiger partial charge in [-0.1, -0.05) is 38.0 Å². The maximum atomic E-state index is 12.4. The highest BCUT2D eigenvalue weighted by Gasteiger charge is 2.51. The van der Waals surface area contributed by atoms with Crippen LogP contribution in [0, 0.1) is 5.41 Å². The monoisotopic (exact) mass is 304 g/mol. The summed E-state index contributed by atoms with van der Waals surface area (Å²) in [6, 6.07) is 8.91. The van der Waals surface area contributed by atoms with Crippen LogP contribution in [0.25, 0.3) is 0 Å². The van der Waals surface area contributed by atoms with Gasteiger partial charge in [-0.3, -0.25) is 4.79 Å². The van der Waals surface area contributed by atoms with E-state index in [1.54, 1.807) is 24.3 Å². The second kappa shape index (κ2) is 7.43. The molecule has 0 spiro atoms. The molecular weight excluding hydrogens is 280 g/mol. The first-order valence-electron chi connectivity index (χ1n) is 7.98. The van der Waals surface area contributed by atoms with Crippen molar-refractivity contribution in [3.8, 4) is 0 Å². The van der Waals surface area contributed by atoms with Gasteiger partial charge in [-0.05, 0) is 37.8 Å². The normalized spacial score (nSPS) is 24.0. The van der Waals surface area contributed by atoms with Crippen molar-refractivity contribution in [1.29, 1.82) is 0 Å². The molecule has 2 atom stereocenters. The van der Waals surface area contributed by atoms with Crippen LogP contribution in [-0.2, 0) is 14.3 Å². The number of esters is 2. The first kappa shape index (κ1) is 16.5. The summed E-state index contributed by atoms with van der Waals surface area (Å²) in [7, 11) is 1.41. The highest BCUT2D eigenvalue weighted by Crippen LogP contribution is 2.45. The fourth-order valence-electron chi connectivity index (χ4n) is 3.30. The third kappa shape index (κ3) is 3.32. The van der Waals surface area contributed by atoms with Crippen molar-refractivity contribution in [1.82, 2.24) is 0 Å². The summed E-state index contributed by atoms with van der Waals surface area (Å²) >= 11 is 0. The number of ether oxygens (including phenoxy) is 2. The molecule has 0 aliphatic heterocycles. The number of carbonyl (C=O) groups excluding carboxylic acids is 2. The zero-order valence-electron chi connectivity index (χ0n) is 13.3. The van der Waals surface area contributed by atoms with E-state index in [1.165, 1.54) is 7.11 Å². The molecule has 1 aromatic carbocycles. The third-order valence-corrected chi connectivity index (χ3v) is 4.53. The first-order valence-corrected chi connectivity index (χ1v) is 7.98. The highest BCUT2D eigenvalue weighted by atomic mass is 16.6. The van der Waals surface area contributed by atoms with E-state index in [-0.39, 0.29) is 18.0 Å². The van der Waals surface area contributed by atoms with Gasteiger partial charge >= 0.3 is 11.9 Å². The summed E-state index contributed by atoms with van der Waals surface area (Å²) in [4.78, 5) is 24.7. The van der Waals surface area contributed by atoms with Gasteiger partial charge in [-0.15, -0.1) is 0 Å². The molecule has 4 nitrogen and oxygen atoms in total. The maximum absolute atomic E-state index is 12.4. The average molecular weight is 304 g/mol. The minimum Gasteiger partial charge on any atom is -0.468 e. The summed E-state index contributed by atoms with van der Waals surface area (Å²) in [5.74, 6) is -0.610. The largest absolute Gasteiger partial charge is 0.468 e. The van der Waals surface area contributed by atoms with Crippen LogP contribution in [0.1, 0.15) is 55.8 Å². The van der Waals surface area contributed by atoms with Gasteiger partial charge in [0.25, 0.3) is 0 Å². The Morgan fingerprint density at radius 3 is 2.64 bits per heavy atom.